The molecule has 1 atom stereocenters. The first-order valence-electron chi connectivity index (χ1n) is 6.78. The largest absolute Gasteiger partial charge is 0.480 e. The summed E-state index contributed by atoms with van der Waals surface area (Å²) in [6, 6.07) is 0.837. The molecule has 0 saturated carbocycles. The van der Waals surface area contributed by atoms with E-state index in [4.69, 9.17) is 5.11 Å². The minimum Gasteiger partial charge on any atom is -0.480 e. The van der Waals surface area contributed by atoms with Gasteiger partial charge in [0, 0.05) is 12.4 Å². The van der Waals surface area contributed by atoms with Crippen molar-refractivity contribution in [3.63, 3.8) is 0 Å². The Balaban J connectivity index is 1.98. The summed E-state index contributed by atoms with van der Waals surface area (Å²) >= 11 is 0. The monoisotopic (exact) mass is 291 g/mol. The van der Waals surface area contributed by atoms with E-state index in [1.54, 1.807) is 18.5 Å². The number of rotatable bonds is 7. The number of fused-ring (bicyclic) bond motifs is 1. The molecule has 0 aromatic carbocycles. The van der Waals surface area contributed by atoms with Gasteiger partial charge in [-0.3, -0.25) is 4.79 Å². The SMILES string of the molecule is CCCC[C@H](NC(=O)Cc1nc2ncccn2n1)C(=O)O. The summed E-state index contributed by atoms with van der Waals surface area (Å²) in [4.78, 5) is 31.1. The van der Waals surface area contributed by atoms with Crippen LogP contribution in [0.4, 0.5) is 0 Å². The fourth-order valence-corrected chi connectivity index (χ4v) is 1.91. The number of carbonyl (C=O) groups excluding carboxylic acids is 1. The Morgan fingerprint density at radius 1 is 1.48 bits per heavy atom. The summed E-state index contributed by atoms with van der Waals surface area (Å²) < 4.78 is 1.47. The minimum atomic E-state index is -1.03. The Morgan fingerprint density at radius 2 is 2.29 bits per heavy atom. The van der Waals surface area contributed by atoms with Gasteiger partial charge in [0.15, 0.2) is 5.82 Å². The number of carboxylic acids is 1. The zero-order chi connectivity index (χ0) is 15.2. The van der Waals surface area contributed by atoms with E-state index in [0.29, 0.717) is 18.0 Å². The summed E-state index contributed by atoms with van der Waals surface area (Å²) in [7, 11) is 0. The fourth-order valence-electron chi connectivity index (χ4n) is 1.91. The van der Waals surface area contributed by atoms with Gasteiger partial charge in [0.1, 0.15) is 6.04 Å². The van der Waals surface area contributed by atoms with Gasteiger partial charge in [-0.05, 0) is 12.5 Å². The van der Waals surface area contributed by atoms with Gasteiger partial charge >= 0.3 is 5.97 Å². The van der Waals surface area contributed by atoms with Crippen LogP contribution in [0.25, 0.3) is 5.78 Å². The van der Waals surface area contributed by atoms with Gasteiger partial charge in [-0.25, -0.2) is 14.3 Å². The lowest BCUT2D eigenvalue weighted by atomic mass is 10.1. The molecule has 21 heavy (non-hydrogen) atoms. The Bertz CT molecular complexity index is 607. The molecule has 2 N–H and O–H groups in total. The number of hydrogen-bond acceptors (Lipinski definition) is 5. The summed E-state index contributed by atoms with van der Waals surface area (Å²) in [5, 5.41) is 15.7. The molecule has 0 aliphatic rings. The maximum absolute atomic E-state index is 11.9. The first-order valence-corrected chi connectivity index (χ1v) is 6.78. The van der Waals surface area contributed by atoms with Gasteiger partial charge in [-0.2, -0.15) is 4.98 Å². The second kappa shape index (κ2) is 6.78. The molecule has 0 radical (unpaired) electrons. The quantitative estimate of drug-likeness (QED) is 0.765. The molecule has 0 spiro atoms. The number of nitrogens with one attached hydrogen (secondary N) is 1. The predicted molar refractivity (Wildman–Crippen MR) is 73.6 cm³/mol. The number of carboxylic acid groups (broad SMARTS) is 1. The molecule has 0 saturated heterocycles. The average Bonchev–Trinajstić information content (AvgIpc) is 2.85. The third-order valence-electron chi connectivity index (χ3n) is 2.96. The first-order chi connectivity index (χ1) is 10.1. The van der Waals surface area contributed by atoms with Crippen molar-refractivity contribution in [1.29, 1.82) is 0 Å². The highest BCUT2D eigenvalue weighted by Gasteiger charge is 2.20. The van der Waals surface area contributed by atoms with Crippen molar-refractivity contribution in [2.75, 3.05) is 0 Å². The van der Waals surface area contributed by atoms with E-state index in [2.05, 4.69) is 20.4 Å². The average molecular weight is 291 g/mol. The second-order valence-corrected chi connectivity index (χ2v) is 4.67. The molecule has 2 aromatic rings. The summed E-state index contributed by atoms with van der Waals surface area (Å²) in [5.74, 6) is -0.720. The molecular formula is C13H17N5O3. The Hall–Kier alpha value is -2.51. The van der Waals surface area contributed by atoms with Crippen LogP contribution < -0.4 is 5.32 Å². The van der Waals surface area contributed by atoms with Crippen LogP contribution in [0.1, 0.15) is 32.0 Å². The zero-order valence-corrected chi connectivity index (χ0v) is 11.7. The van der Waals surface area contributed by atoms with E-state index in [9.17, 15) is 9.59 Å². The van der Waals surface area contributed by atoms with Gasteiger partial charge in [0.2, 0.25) is 5.91 Å². The van der Waals surface area contributed by atoms with E-state index in [0.717, 1.165) is 12.8 Å². The number of aromatic nitrogens is 4. The molecule has 0 fully saturated rings. The van der Waals surface area contributed by atoms with Crippen LogP contribution in [0, 0.1) is 0 Å². The maximum Gasteiger partial charge on any atom is 0.326 e. The summed E-state index contributed by atoms with van der Waals surface area (Å²) in [6.45, 7) is 1.97. The molecule has 2 heterocycles. The molecule has 2 rings (SSSR count). The van der Waals surface area contributed by atoms with Gasteiger partial charge in [-0.15, -0.1) is 5.10 Å². The molecule has 1 amide bonds. The highest BCUT2D eigenvalue weighted by atomic mass is 16.4. The highest BCUT2D eigenvalue weighted by molar-refractivity contribution is 5.84. The normalized spacial score (nSPS) is 12.2. The minimum absolute atomic E-state index is 0.0702. The van der Waals surface area contributed by atoms with E-state index in [1.165, 1.54) is 4.52 Å². The maximum atomic E-state index is 11.9. The standard InChI is InChI=1S/C13H17N5O3/c1-2-3-5-9(12(20)21)15-11(19)8-10-16-13-14-6-4-7-18(13)17-10/h4,6-7,9H,2-3,5,8H2,1H3,(H,15,19)(H,20,21)/t9-/m0/s1. The lowest BCUT2D eigenvalue weighted by Gasteiger charge is -2.13. The van der Waals surface area contributed by atoms with E-state index >= 15 is 0 Å². The van der Waals surface area contributed by atoms with Gasteiger partial charge in [-0.1, -0.05) is 19.8 Å². The number of aliphatic carboxylic acids is 1. The molecule has 0 aliphatic heterocycles. The van der Waals surface area contributed by atoms with Crippen LogP contribution in [0.3, 0.4) is 0 Å². The van der Waals surface area contributed by atoms with Crippen LogP contribution in [-0.4, -0.2) is 42.6 Å². The third-order valence-corrected chi connectivity index (χ3v) is 2.96. The van der Waals surface area contributed by atoms with Crippen LogP contribution >= 0.6 is 0 Å². The fraction of sp³-hybridized carbons (Fsp3) is 0.462. The predicted octanol–water partition coefficient (Wildman–Crippen LogP) is 0.426. The number of amides is 1. The van der Waals surface area contributed by atoms with Crippen molar-refractivity contribution < 1.29 is 14.7 Å². The van der Waals surface area contributed by atoms with Crippen LogP contribution in [-0.2, 0) is 16.0 Å². The summed E-state index contributed by atoms with van der Waals surface area (Å²) in [6.07, 6.45) is 5.22. The molecular weight excluding hydrogens is 274 g/mol. The van der Waals surface area contributed by atoms with Crippen LogP contribution in [0.2, 0.25) is 0 Å². The number of unbranched alkanes of at least 4 members (excludes halogenated alkanes) is 1. The number of carbonyl (C=O) groups is 2. The number of nitrogens with zero attached hydrogens (tertiary/aromatic N) is 4. The lowest BCUT2D eigenvalue weighted by Crippen LogP contribution is -2.41. The van der Waals surface area contributed by atoms with Crippen LogP contribution in [0.15, 0.2) is 18.5 Å². The second-order valence-electron chi connectivity index (χ2n) is 4.67. The van der Waals surface area contributed by atoms with E-state index < -0.39 is 17.9 Å². The van der Waals surface area contributed by atoms with Crippen molar-refractivity contribution >= 4 is 17.7 Å². The smallest absolute Gasteiger partial charge is 0.326 e. The van der Waals surface area contributed by atoms with Crippen molar-refractivity contribution in [3.05, 3.63) is 24.3 Å². The highest BCUT2D eigenvalue weighted by Crippen LogP contribution is 2.02. The van der Waals surface area contributed by atoms with Gasteiger partial charge in [0.25, 0.3) is 5.78 Å². The Labute approximate surface area is 121 Å². The molecule has 0 bridgehead atoms. The number of hydrogen-bond donors (Lipinski definition) is 2. The molecule has 0 unspecified atom stereocenters. The zero-order valence-electron chi connectivity index (χ0n) is 11.7. The van der Waals surface area contributed by atoms with Crippen molar-refractivity contribution in [1.82, 2.24) is 24.9 Å². The van der Waals surface area contributed by atoms with Crippen molar-refractivity contribution in [2.24, 2.45) is 0 Å². The molecule has 2 aromatic heterocycles. The van der Waals surface area contributed by atoms with E-state index in [-0.39, 0.29) is 6.42 Å². The Kier molecular flexibility index (Phi) is 4.81. The molecule has 8 heteroatoms. The van der Waals surface area contributed by atoms with Crippen molar-refractivity contribution in [2.45, 2.75) is 38.6 Å². The Morgan fingerprint density at radius 3 is 2.95 bits per heavy atom. The van der Waals surface area contributed by atoms with E-state index in [1.807, 2.05) is 6.92 Å². The first kappa shape index (κ1) is 14.9. The van der Waals surface area contributed by atoms with Crippen LogP contribution in [0.5, 0.6) is 0 Å². The summed E-state index contributed by atoms with van der Waals surface area (Å²) in [5.41, 5.74) is 0. The third kappa shape index (κ3) is 3.98. The van der Waals surface area contributed by atoms with Gasteiger partial charge in [0.05, 0.1) is 6.42 Å². The topological polar surface area (TPSA) is 109 Å². The van der Waals surface area contributed by atoms with Gasteiger partial charge < -0.3 is 10.4 Å². The molecule has 8 nitrogen and oxygen atoms in total. The van der Waals surface area contributed by atoms with Crippen molar-refractivity contribution in [3.8, 4) is 0 Å². The lowest BCUT2D eigenvalue weighted by molar-refractivity contribution is -0.142. The molecule has 0 aliphatic carbocycles. The molecule has 112 valence electrons.